The lowest BCUT2D eigenvalue weighted by Gasteiger charge is -2.30. The van der Waals surface area contributed by atoms with Gasteiger partial charge in [-0.1, -0.05) is 13.8 Å². The highest BCUT2D eigenvalue weighted by Crippen LogP contribution is 2.24. The molecule has 0 radical (unpaired) electrons. The van der Waals surface area contributed by atoms with Crippen LogP contribution >= 0.6 is 0 Å². The van der Waals surface area contributed by atoms with E-state index in [-0.39, 0.29) is 5.41 Å². The molecule has 1 aromatic heterocycles. The first-order valence-corrected chi connectivity index (χ1v) is 5.89. The topological polar surface area (TPSA) is 63.8 Å². The highest BCUT2D eigenvalue weighted by molar-refractivity contribution is 5.35. The van der Waals surface area contributed by atoms with Crippen molar-refractivity contribution in [3.8, 4) is 0 Å². The average Bonchev–Trinajstić information content (AvgIpc) is 2.32. The number of nitrogens with two attached hydrogens (primary N) is 1. The van der Waals surface area contributed by atoms with Crippen molar-refractivity contribution in [1.29, 1.82) is 0 Å². The van der Waals surface area contributed by atoms with Crippen molar-refractivity contribution in [2.24, 2.45) is 11.1 Å². The number of nitrogens with one attached hydrogen (secondary N) is 1. The Bertz CT molecular complexity index is 312. The molecule has 0 aliphatic heterocycles. The predicted molar refractivity (Wildman–Crippen MR) is 67.3 cm³/mol. The first-order chi connectivity index (χ1) is 7.65. The lowest BCUT2D eigenvalue weighted by Crippen LogP contribution is -2.36. The summed E-state index contributed by atoms with van der Waals surface area (Å²) in [6.45, 7) is 7.93. The van der Waals surface area contributed by atoms with Crippen LogP contribution in [-0.2, 0) is 0 Å². The van der Waals surface area contributed by atoms with E-state index in [4.69, 9.17) is 5.73 Å². The number of hydrogen-bond donors (Lipinski definition) is 2. The van der Waals surface area contributed by atoms with Crippen LogP contribution in [0.2, 0.25) is 0 Å². The van der Waals surface area contributed by atoms with Gasteiger partial charge in [0.2, 0.25) is 0 Å². The van der Waals surface area contributed by atoms with Crippen LogP contribution in [0.4, 0.5) is 5.82 Å². The smallest absolute Gasteiger partial charge is 0.148 e. The molecule has 0 aliphatic rings. The highest BCUT2D eigenvalue weighted by atomic mass is 15.2. The Kier molecular flexibility index (Phi) is 4.68. The second-order valence-electron chi connectivity index (χ2n) is 4.38. The summed E-state index contributed by atoms with van der Waals surface area (Å²) in [6.07, 6.45) is 3.90. The van der Waals surface area contributed by atoms with Crippen LogP contribution in [0.15, 0.2) is 12.3 Å². The molecule has 0 bridgehead atoms. The van der Waals surface area contributed by atoms with E-state index in [1.54, 1.807) is 6.20 Å². The van der Waals surface area contributed by atoms with Crippen molar-refractivity contribution >= 4 is 5.82 Å². The van der Waals surface area contributed by atoms with Gasteiger partial charge in [0.1, 0.15) is 5.82 Å². The molecule has 0 saturated carbocycles. The zero-order chi connectivity index (χ0) is 12.0. The molecule has 4 heteroatoms. The van der Waals surface area contributed by atoms with E-state index < -0.39 is 0 Å². The number of hydrogen-bond acceptors (Lipinski definition) is 4. The number of aryl methyl sites for hydroxylation is 1. The van der Waals surface area contributed by atoms with Gasteiger partial charge in [-0.3, -0.25) is 0 Å². The molecule has 16 heavy (non-hydrogen) atoms. The van der Waals surface area contributed by atoms with Crippen LogP contribution in [-0.4, -0.2) is 23.3 Å². The lowest BCUT2D eigenvalue weighted by atomic mass is 9.82. The van der Waals surface area contributed by atoms with Crippen LogP contribution in [0.25, 0.3) is 0 Å². The quantitative estimate of drug-likeness (QED) is 0.772. The molecule has 1 heterocycles. The Hall–Kier alpha value is -1.16. The summed E-state index contributed by atoms with van der Waals surface area (Å²) in [6, 6.07) is 2.00. The molecule has 0 spiro atoms. The van der Waals surface area contributed by atoms with E-state index in [9.17, 15) is 0 Å². The van der Waals surface area contributed by atoms with Crippen LogP contribution in [0.3, 0.4) is 0 Å². The SMILES string of the molecule is CCC(CC)(CN)CNc1cc(C)cnn1. The van der Waals surface area contributed by atoms with Crippen molar-refractivity contribution in [2.45, 2.75) is 33.6 Å². The van der Waals surface area contributed by atoms with Crippen molar-refractivity contribution in [3.63, 3.8) is 0 Å². The molecule has 3 N–H and O–H groups in total. The van der Waals surface area contributed by atoms with Gasteiger partial charge in [-0.2, -0.15) is 5.10 Å². The van der Waals surface area contributed by atoms with E-state index in [2.05, 4.69) is 29.4 Å². The summed E-state index contributed by atoms with van der Waals surface area (Å²) < 4.78 is 0. The van der Waals surface area contributed by atoms with Gasteiger partial charge in [0.05, 0.1) is 6.20 Å². The first-order valence-electron chi connectivity index (χ1n) is 5.89. The minimum atomic E-state index is 0.172. The Morgan fingerprint density at radius 3 is 2.56 bits per heavy atom. The molecule has 0 fully saturated rings. The molecular formula is C12H22N4. The van der Waals surface area contributed by atoms with E-state index in [0.717, 1.165) is 30.8 Å². The fourth-order valence-electron chi connectivity index (χ4n) is 1.69. The van der Waals surface area contributed by atoms with Gasteiger partial charge in [0, 0.05) is 6.54 Å². The number of aromatic nitrogens is 2. The predicted octanol–water partition coefficient (Wildman–Crippen LogP) is 1.96. The molecule has 0 saturated heterocycles. The maximum absolute atomic E-state index is 5.85. The van der Waals surface area contributed by atoms with Crippen molar-refractivity contribution < 1.29 is 0 Å². The Labute approximate surface area is 97.6 Å². The lowest BCUT2D eigenvalue weighted by molar-refractivity contribution is 0.294. The fourth-order valence-corrected chi connectivity index (χ4v) is 1.69. The summed E-state index contributed by atoms with van der Waals surface area (Å²) in [7, 11) is 0. The van der Waals surface area contributed by atoms with Crippen molar-refractivity contribution in [1.82, 2.24) is 10.2 Å². The molecular weight excluding hydrogens is 200 g/mol. The van der Waals surface area contributed by atoms with Gasteiger partial charge in [-0.15, -0.1) is 5.10 Å². The third-order valence-electron chi connectivity index (χ3n) is 3.37. The first kappa shape index (κ1) is 12.9. The molecule has 1 aromatic rings. The van der Waals surface area contributed by atoms with E-state index in [0.29, 0.717) is 6.54 Å². The Morgan fingerprint density at radius 1 is 1.38 bits per heavy atom. The zero-order valence-electron chi connectivity index (χ0n) is 10.5. The molecule has 90 valence electrons. The van der Waals surface area contributed by atoms with E-state index in [1.165, 1.54) is 0 Å². The molecule has 0 aromatic carbocycles. The van der Waals surface area contributed by atoms with Gasteiger partial charge in [0.25, 0.3) is 0 Å². The standard InChI is InChI=1S/C12H22N4/c1-4-12(5-2,8-13)9-14-11-6-10(3)7-15-16-11/h6-7H,4-5,8-9,13H2,1-3H3,(H,14,16). The summed E-state index contributed by atoms with van der Waals surface area (Å²) in [5.74, 6) is 0.833. The molecule has 0 amide bonds. The van der Waals surface area contributed by atoms with Crippen molar-refractivity contribution in [3.05, 3.63) is 17.8 Å². The van der Waals surface area contributed by atoms with Crippen molar-refractivity contribution in [2.75, 3.05) is 18.4 Å². The van der Waals surface area contributed by atoms with Gasteiger partial charge >= 0.3 is 0 Å². The van der Waals surface area contributed by atoms with Crippen LogP contribution in [0.5, 0.6) is 0 Å². The van der Waals surface area contributed by atoms with Crippen LogP contribution in [0, 0.1) is 12.3 Å². The number of anilines is 1. The normalized spacial score (nSPS) is 11.5. The number of rotatable bonds is 6. The minimum Gasteiger partial charge on any atom is -0.368 e. The molecule has 0 aliphatic carbocycles. The number of nitrogens with zero attached hydrogens (tertiary/aromatic N) is 2. The Morgan fingerprint density at radius 2 is 2.06 bits per heavy atom. The van der Waals surface area contributed by atoms with E-state index in [1.807, 2.05) is 13.0 Å². The third-order valence-corrected chi connectivity index (χ3v) is 3.37. The summed E-state index contributed by atoms with van der Waals surface area (Å²) in [5.41, 5.74) is 7.13. The molecule has 4 nitrogen and oxygen atoms in total. The highest BCUT2D eigenvalue weighted by Gasteiger charge is 2.24. The van der Waals surface area contributed by atoms with Gasteiger partial charge in [0.15, 0.2) is 0 Å². The Balaban J connectivity index is 2.62. The molecule has 0 unspecified atom stereocenters. The fraction of sp³-hybridized carbons (Fsp3) is 0.667. The summed E-state index contributed by atoms with van der Waals surface area (Å²) in [4.78, 5) is 0. The molecule has 0 atom stereocenters. The van der Waals surface area contributed by atoms with Gasteiger partial charge in [-0.05, 0) is 43.4 Å². The second-order valence-corrected chi connectivity index (χ2v) is 4.38. The van der Waals surface area contributed by atoms with Crippen LogP contribution in [0.1, 0.15) is 32.3 Å². The monoisotopic (exact) mass is 222 g/mol. The summed E-state index contributed by atoms with van der Waals surface area (Å²) >= 11 is 0. The van der Waals surface area contributed by atoms with E-state index >= 15 is 0 Å². The zero-order valence-corrected chi connectivity index (χ0v) is 10.5. The maximum atomic E-state index is 5.85. The second kappa shape index (κ2) is 5.80. The minimum absolute atomic E-state index is 0.172. The maximum Gasteiger partial charge on any atom is 0.148 e. The average molecular weight is 222 g/mol. The van der Waals surface area contributed by atoms with Crippen LogP contribution < -0.4 is 11.1 Å². The van der Waals surface area contributed by atoms with Gasteiger partial charge in [-0.25, -0.2) is 0 Å². The van der Waals surface area contributed by atoms with Gasteiger partial charge < -0.3 is 11.1 Å². The summed E-state index contributed by atoms with van der Waals surface area (Å²) in [5, 5.41) is 11.3. The largest absolute Gasteiger partial charge is 0.368 e. The third kappa shape index (κ3) is 3.17. The molecule has 1 rings (SSSR count).